The summed E-state index contributed by atoms with van der Waals surface area (Å²) in [6, 6.07) is 19.4. The first-order valence-corrected chi connectivity index (χ1v) is 16.8. The van der Waals surface area contributed by atoms with Crippen molar-refractivity contribution in [2.75, 3.05) is 25.5 Å². The number of nitrogens with one attached hydrogen (secondary N) is 1. The Labute approximate surface area is 267 Å². The first kappa shape index (κ1) is 35.1. The van der Waals surface area contributed by atoms with Gasteiger partial charge in [0.25, 0.3) is 0 Å². The van der Waals surface area contributed by atoms with Crippen molar-refractivity contribution in [3.8, 4) is 0 Å². The molecule has 0 radical (unpaired) electrons. The summed E-state index contributed by atoms with van der Waals surface area (Å²) in [4.78, 5) is 41.7. The molecule has 1 saturated heterocycles. The van der Waals surface area contributed by atoms with Gasteiger partial charge in [-0.25, -0.2) is 0 Å². The molecular weight excluding hydrogens is 572 g/mol. The molecule has 0 bridgehead atoms. The number of thioether (sulfide) groups is 1. The predicted octanol–water partition coefficient (Wildman–Crippen LogP) is 5.73. The summed E-state index contributed by atoms with van der Waals surface area (Å²) in [6.45, 7) is 8.17. The lowest BCUT2D eigenvalue weighted by Gasteiger charge is -2.26. The van der Waals surface area contributed by atoms with E-state index in [1.54, 1.807) is 22.7 Å². The first-order valence-electron chi connectivity index (χ1n) is 15.7. The van der Waals surface area contributed by atoms with Crippen LogP contribution in [0.1, 0.15) is 56.1 Å². The molecule has 3 rings (SSSR count). The van der Waals surface area contributed by atoms with Crippen molar-refractivity contribution in [3.63, 3.8) is 0 Å². The second-order valence-electron chi connectivity index (χ2n) is 11.4. The van der Waals surface area contributed by atoms with Crippen molar-refractivity contribution >= 4 is 29.5 Å². The maximum atomic E-state index is 13.5. The predicted molar refractivity (Wildman–Crippen MR) is 178 cm³/mol. The van der Waals surface area contributed by atoms with E-state index in [1.165, 1.54) is 5.56 Å². The van der Waals surface area contributed by atoms with Gasteiger partial charge in [-0.15, -0.1) is 13.2 Å². The van der Waals surface area contributed by atoms with Crippen LogP contribution in [0.15, 0.2) is 86.0 Å². The highest BCUT2D eigenvalue weighted by molar-refractivity contribution is 7.98. The zero-order chi connectivity index (χ0) is 31.6. The minimum Gasteiger partial charge on any atom is -0.463 e. The lowest BCUT2D eigenvalue weighted by molar-refractivity contribution is -0.150. The number of carbonyl (C=O) groups is 3. The normalized spacial score (nSPS) is 16.5. The van der Waals surface area contributed by atoms with Crippen molar-refractivity contribution < 1.29 is 24.2 Å². The van der Waals surface area contributed by atoms with Crippen LogP contribution in [0.4, 0.5) is 0 Å². The minimum absolute atomic E-state index is 0.0421. The molecule has 0 spiro atoms. The summed E-state index contributed by atoms with van der Waals surface area (Å²) in [5, 5.41) is 12.8. The Morgan fingerprint density at radius 3 is 2.39 bits per heavy atom. The summed E-state index contributed by atoms with van der Waals surface area (Å²) in [7, 11) is 0. The van der Waals surface area contributed by atoms with E-state index in [1.807, 2.05) is 54.6 Å². The maximum absolute atomic E-state index is 13.5. The molecule has 2 N–H and O–H groups in total. The highest BCUT2D eigenvalue weighted by Gasteiger charge is 2.32. The van der Waals surface area contributed by atoms with Gasteiger partial charge in [0, 0.05) is 24.5 Å². The summed E-state index contributed by atoms with van der Waals surface area (Å²) in [5.74, 6) is -0.252. The van der Waals surface area contributed by atoms with Gasteiger partial charge in [0.1, 0.15) is 6.61 Å². The standard InChI is InChI=1S/C36H48N2O5S/c1-3-5-8-19-31(22-28-15-9-6-10-16-28)36(42)43-25-32(27-44-26-29-17-11-7-12-18-29)37-35(41)30(14-4-2)23-34(40)38-21-13-20-33(38)24-39/h3-4,6-7,9-12,15-18,30-33,39H,1-2,5,8,13-14,19-27H2,(H,37,41)/t30-,31+,32+,33-/m0/s1. The third-order valence-corrected chi connectivity index (χ3v) is 9.15. The van der Waals surface area contributed by atoms with Gasteiger partial charge >= 0.3 is 5.97 Å². The number of benzene rings is 2. The molecule has 7 nitrogen and oxygen atoms in total. The molecule has 1 aliphatic heterocycles. The number of amides is 2. The summed E-state index contributed by atoms with van der Waals surface area (Å²) >= 11 is 1.66. The molecule has 0 aliphatic carbocycles. The average Bonchev–Trinajstić information content (AvgIpc) is 3.53. The van der Waals surface area contributed by atoms with E-state index in [2.05, 4.69) is 30.6 Å². The second kappa shape index (κ2) is 19.8. The van der Waals surface area contributed by atoms with Crippen LogP contribution < -0.4 is 5.32 Å². The third-order valence-electron chi connectivity index (χ3n) is 7.97. The lowest BCUT2D eigenvalue weighted by atomic mass is 9.94. The molecule has 2 amide bonds. The zero-order valence-corrected chi connectivity index (χ0v) is 26.6. The van der Waals surface area contributed by atoms with Crippen LogP contribution in [0.3, 0.4) is 0 Å². The molecule has 4 atom stereocenters. The molecule has 0 unspecified atom stereocenters. The Kier molecular flexibility index (Phi) is 15.8. The molecule has 0 saturated carbocycles. The van der Waals surface area contributed by atoms with Crippen LogP contribution in [-0.2, 0) is 31.3 Å². The van der Waals surface area contributed by atoms with Gasteiger partial charge in [0.2, 0.25) is 11.8 Å². The lowest BCUT2D eigenvalue weighted by Crippen LogP contribution is -2.45. The topological polar surface area (TPSA) is 95.9 Å². The minimum atomic E-state index is -0.595. The summed E-state index contributed by atoms with van der Waals surface area (Å²) < 4.78 is 5.89. The monoisotopic (exact) mass is 620 g/mol. The van der Waals surface area contributed by atoms with Crippen molar-refractivity contribution in [1.82, 2.24) is 10.2 Å². The average molecular weight is 621 g/mol. The van der Waals surface area contributed by atoms with E-state index < -0.39 is 12.0 Å². The quantitative estimate of drug-likeness (QED) is 0.112. The Hall–Kier alpha value is -3.36. The van der Waals surface area contributed by atoms with Crippen LogP contribution in [0.2, 0.25) is 0 Å². The highest BCUT2D eigenvalue weighted by Crippen LogP contribution is 2.22. The molecule has 0 aromatic heterocycles. The van der Waals surface area contributed by atoms with Crippen molar-refractivity contribution in [1.29, 1.82) is 0 Å². The summed E-state index contributed by atoms with van der Waals surface area (Å²) in [5.41, 5.74) is 2.25. The number of carbonyl (C=O) groups excluding carboxylic acids is 3. The number of hydrogen-bond donors (Lipinski definition) is 2. The fourth-order valence-electron chi connectivity index (χ4n) is 5.52. The number of unbranched alkanes of at least 4 members (excludes halogenated alkanes) is 1. The number of hydrogen-bond acceptors (Lipinski definition) is 6. The van der Waals surface area contributed by atoms with E-state index in [0.717, 1.165) is 37.0 Å². The van der Waals surface area contributed by atoms with E-state index in [0.29, 0.717) is 31.6 Å². The number of aliphatic hydroxyl groups is 1. The van der Waals surface area contributed by atoms with Crippen molar-refractivity contribution in [3.05, 3.63) is 97.1 Å². The van der Waals surface area contributed by atoms with Gasteiger partial charge in [-0.05, 0) is 56.1 Å². The Bertz CT molecular complexity index is 1180. The molecular formula is C36H48N2O5S. The zero-order valence-electron chi connectivity index (χ0n) is 25.8. The van der Waals surface area contributed by atoms with Gasteiger partial charge in [0.05, 0.1) is 30.5 Å². The van der Waals surface area contributed by atoms with Crippen molar-refractivity contribution in [2.45, 2.75) is 69.2 Å². The fourth-order valence-corrected chi connectivity index (χ4v) is 6.53. The number of nitrogens with zero attached hydrogens (tertiary/aromatic N) is 1. The Balaban J connectivity index is 1.66. The van der Waals surface area contributed by atoms with E-state index in [9.17, 15) is 19.5 Å². The number of allylic oxidation sites excluding steroid dienone is 2. The molecule has 1 aliphatic rings. The smallest absolute Gasteiger partial charge is 0.309 e. The van der Waals surface area contributed by atoms with Crippen LogP contribution in [0, 0.1) is 11.8 Å². The number of likely N-dealkylation sites (tertiary alicyclic amines) is 1. The Morgan fingerprint density at radius 2 is 1.73 bits per heavy atom. The van der Waals surface area contributed by atoms with Crippen LogP contribution in [0.25, 0.3) is 0 Å². The second-order valence-corrected chi connectivity index (χ2v) is 12.5. The number of aliphatic hydroxyl groups excluding tert-OH is 1. The van der Waals surface area contributed by atoms with Gasteiger partial charge in [-0.3, -0.25) is 14.4 Å². The van der Waals surface area contributed by atoms with E-state index in [4.69, 9.17) is 4.74 Å². The molecule has 238 valence electrons. The molecule has 2 aromatic rings. The van der Waals surface area contributed by atoms with Crippen LogP contribution >= 0.6 is 11.8 Å². The molecule has 2 aromatic carbocycles. The number of esters is 1. The molecule has 8 heteroatoms. The van der Waals surface area contributed by atoms with Gasteiger partial charge in [0.15, 0.2) is 0 Å². The van der Waals surface area contributed by atoms with E-state index >= 15 is 0 Å². The fraction of sp³-hybridized carbons (Fsp3) is 0.472. The van der Waals surface area contributed by atoms with Crippen molar-refractivity contribution in [2.24, 2.45) is 11.8 Å². The SMILES string of the molecule is C=CCCC[C@H](Cc1ccccc1)C(=O)OC[C@H](CSCc1ccccc1)NC(=O)[C@@H](CC=C)CC(=O)N1CCC[C@H]1CO. The van der Waals surface area contributed by atoms with Gasteiger partial charge < -0.3 is 20.1 Å². The number of rotatable bonds is 20. The Morgan fingerprint density at radius 1 is 1.02 bits per heavy atom. The highest BCUT2D eigenvalue weighted by atomic mass is 32.2. The first-order chi connectivity index (χ1) is 21.4. The molecule has 44 heavy (non-hydrogen) atoms. The van der Waals surface area contributed by atoms with Crippen LogP contribution in [0.5, 0.6) is 0 Å². The van der Waals surface area contributed by atoms with Gasteiger partial charge in [-0.2, -0.15) is 11.8 Å². The molecule has 1 fully saturated rings. The molecule has 1 heterocycles. The largest absolute Gasteiger partial charge is 0.463 e. The summed E-state index contributed by atoms with van der Waals surface area (Å²) in [6.07, 6.45) is 8.47. The van der Waals surface area contributed by atoms with E-state index in [-0.39, 0.29) is 49.4 Å². The van der Waals surface area contributed by atoms with Crippen LogP contribution in [-0.4, -0.2) is 65.4 Å². The third kappa shape index (κ3) is 12.0. The maximum Gasteiger partial charge on any atom is 0.309 e. The van der Waals surface area contributed by atoms with Gasteiger partial charge in [-0.1, -0.05) is 72.8 Å². The number of ether oxygens (including phenoxy) is 1.